The van der Waals surface area contributed by atoms with Gasteiger partial charge in [-0.1, -0.05) is 13.8 Å². The van der Waals surface area contributed by atoms with Crippen LogP contribution in [0.3, 0.4) is 0 Å². The summed E-state index contributed by atoms with van der Waals surface area (Å²) in [5, 5.41) is 7.55. The number of hydrogen-bond acceptors (Lipinski definition) is 6. The summed E-state index contributed by atoms with van der Waals surface area (Å²) in [6.07, 6.45) is 2.64. The number of sulfone groups is 1. The number of aromatic nitrogens is 2. The van der Waals surface area contributed by atoms with E-state index in [1.165, 1.54) is 6.20 Å². The zero-order chi connectivity index (χ0) is 18.9. The molecule has 0 N–H and O–H groups in total. The van der Waals surface area contributed by atoms with Crippen LogP contribution < -0.4 is 0 Å². The average Bonchev–Trinajstić information content (AvgIpc) is 2.93. The van der Waals surface area contributed by atoms with Gasteiger partial charge >= 0.3 is 0 Å². The lowest BCUT2D eigenvalue weighted by Crippen LogP contribution is -2.62. The molecule has 0 spiro atoms. The lowest BCUT2D eigenvalue weighted by molar-refractivity contribution is -0.136. The number of fused-ring (bicyclic) bond motifs is 1. The summed E-state index contributed by atoms with van der Waals surface area (Å²) in [5.41, 5.74) is 0.190. The molecule has 0 saturated carbocycles. The molecule has 0 bridgehead atoms. The summed E-state index contributed by atoms with van der Waals surface area (Å²) in [6.45, 7) is 4.75. The topological polar surface area (TPSA) is 101 Å². The number of piperazine rings is 1. The quantitative estimate of drug-likeness (QED) is 0.748. The first-order valence-electron chi connectivity index (χ1n) is 8.87. The molecule has 142 valence electrons. The fraction of sp³-hybridized carbons (Fsp3) is 0.647. The van der Waals surface area contributed by atoms with E-state index >= 15 is 0 Å². The third kappa shape index (κ3) is 3.87. The average molecular weight is 380 g/mol. The van der Waals surface area contributed by atoms with Crippen LogP contribution in [0.4, 0.5) is 0 Å². The molecule has 3 rings (SSSR count). The maximum absolute atomic E-state index is 12.8. The van der Waals surface area contributed by atoms with E-state index in [2.05, 4.69) is 10.2 Å². The van der Waals surface area contributed by atoms with E-state index in [-0.39, 0.29) is 29.0 Å². The molecule has 3 heterocycles. The van der Waals surface area contributed by atoms with Crippen LogP contribution in [0.1, 0.15) is 37.2 Å². The Morgan fingerprint density at radius 2 is 1.85 bits per heavy atom. The third-order valence-corrected chi connectivity index (χ3v) is 6.68. The van der Waals surface area contributed by atoms with Crippen molar-refractivity contribution in [1.29, 1.82) is 0 Å². The van der Waals surface area contributed by atoms with E-state index in [9.17, 15) is 18.0 Å². The van der Waals surface area contributed by atoms with Gasteiger partial charge in [0.15, 0.2) is 15.5 Å². The maximum Gasteiger partial charge on any atom is 0.274 e. The Hall–Kier alpha value is -2.03. The summed E-state index contributed by atoms with van der Waals surface area (Å²) in [6, 6.07) is 2.18. The van der Waals surface area contributed by atoms with Crippen molar-refractivity contribution in [3.05, 3.63) is 24.0 Å². The molecule has 8 nitrogen and oxygen atoms in total. The number of amides is 2. The number of rotatable bonds is 4. The van der Waals surface area contributed by atoms with Crippen LogP contribution in [-0.4, -0.2) is 76.9 Å². The van der Waals surface area contributed by atoms with Crippen molar-refractivity contribution in [2.45, 2.75) is 38.8 Å². The monoisotopic (exact) mass is 380 g/mol. The second-order valence-electron chi connectivity index (χ2n) is 7.34. The van der Waals surface area contributed by atoms with Gasteiger partial charge in [0, 0.05) is 25.7 Å². The second kappa shape index (κ2) is 7.30. The minimum Gasteiger partial charge on any atom is -0.335 e. The maximum atomic E-state index is 12.8. The van der Waals surface area contributed by atoms with Crippen LogP contribution in [0.2, 0.25) is 0 Å². The van der Waals surface area contributed by atoms with Crippen molar-refractivity contribution in [3.8, 4) is 0 Å². The molecule has 2 fully saturated rings. The van der Waals surface area contributed by atoms with Crippen molar-refractivity contribution >= 4 is 21.7 Å². The van der Waals surface area contributed by atoms with Crippen molar-refractivity contribution in [3.63, 3.8) is 0 Å². The SMILES string of the molecule is CC(C)CCC(=O)N1CCN(C(=O)c2cccnn2)[C@H]2CS(=O)(=O)C[C@H]21. The number of nitrogens with zero attached hydrogens (tertiary/aromatic N) is 4. The fourth-order valence-corrected chi connectivity index (χ4v) is 5.61. The molecule has 2 aliphatic rings. The first-order valence-corrected chi connectivity index (χ1v) is 10.7. The normalized spacial score (nSPS) is 24.6. The number of hydrogen-bond donors (Lipinski definition) is 0. The van der Waals surface area contributed by atoms with E-state index in [1.54, 1.807) is 21.9 Å². The Bertz CT molecular complexity index is 781. The van der Waals surface area contributed by atoms with Crippen LogP contribution in [0.5, 0.6) is 0 Å². The van der Waals surface area contributed by atoms with Crippen LogP contribution in [0.25, 0.3) is 0 Å². The molecule has 26 heavy (non-hydrogen) atoms. The molecule has 0 unspecified atom stereocenters. The second-order valence-corrected chi connectivity index (χ2v) is 9.49. The van der Waals surface area contributed by atoms with Gasteiger partial charge in [-0.25, -0.2) is 8.42 Å². The molecule has 0 aliphatic carbocycles. The first kappa shape index (κ1) is 18.8. The summed E-state index contributed by atoms with van der Waals surface area (Å²) >= 11 is 0. The van der Waals surface area contributed by atoms with Crippen molar-refractivity contribution in [2.75, 3.05) is 24.6 Å². The summed E-state index contributed by atoms with van der Waals surface area (Å²) in [5.74, 6) is -0.161. The van der Waals surface area contributed by atoms with Gasteiger partial charge in [-0.05, 0) is 24.5 Å². The van der Waals surface area contributed by atoms with E-state index < -0.39 is 21.9 Å². The van der Waals surface area contributed by atoms with Crippen molar-refractivity contribution in [2.24, 2.45) is 5.92 Å². The fourth-order valence-electron chi connectivity index (χ4n) is 3.63. The van der Waals surface area contributed by atoms with Gasteiger partial charge in [-0.2, -0.15) is 5.10 Å². The molecule has 2 atom stereocenters. The standard InChI is InChI=1S/C17H24N4O4S/c1-12(2)5-6-16(22)20-8-9-21(15-11-26(24,25)10-14(15)20)17(23)13-4-3-7-18-19-13/h3-4,7,12,14-15H,5-6,8-11H2,1-2H3/t14-,15+/m1/s1. The Morgan fingerprint density at radius 3 is 2.46 bits per heavy atom. The molecule has 1 aromatic heterocycles. The zero-order valence-electron chi connectivity index (χ0n) is 15.0. The van der Waals surface area contributed by atoms with Gasteiger partial charge in [-0.3, -0.25) is 9.59 Å². The lowest BCUT2D eigenvalue weighted by Gasteiger charge is -2.43. The molecule has 2 aliphatic heterocycles. The van der Waals surface area contributed by atoms with Crippen LogP contribution in [0, 0.1) is 5.92 Å². The van der Waals surface area contributed by atoms with Gasteiger partial charge in [0.2, 0.25) is 5.91 Å². The molecular weight excluding hydrogens is 356 g/mol. The largest absolute Gasteiger partial charge is 0.335 e. The minimum absolute atomic E-state index is 0.0302. The van der Waals surface area contributed by atoms with Gasteiger partial charge in [0.25, 0.3) is 5.91 Å². The Morgan fingerprint density at radius 1 is 1.19 bits per heavy atom. The highest BCUT2D eigenvalue weighted by atomic mass is 32.2. The smallest absolute Gasteiger partial charge is 0.274 e. The van der Waals surface area contributed by atoms with Crippen molar-refractivity contribution < 1.29 is 18.0 Å². The number of carbonyl (C=O) groups is 2. The Kier molecular flexibility index (Phi) is 5.27. The van der Waals surface area contributed by atoms with Crippen molar-refractivity contribution in [1.82, 2.24) is 20.0 Å². The molecule has 1 aromatic rings. The highest BCUT2D eigenvalue weighted by Crippen LogP contribution is 2.28. The Labute approximate surface area is 153 Å². The highest BCUT2D eigenvalue weighted by Gasteiger charge is 2.49. The predicted octanol–water partition coefficient (Wildman–Crippen LogP) is 0.363. The molecule has 9 heteroatoms. The minimum atomic E-state index is -3.30. The van der Waals surface area contributed by atoms with E-state index in [0.29, 0.717) is 25.4 Å². The van der Waals surface area contributed by atoms with Gasteiger partial charge < -0.3 is 9.80 Å². The molecule has 2 amide bonds. The predicted molar refractivity (Wildman–Crippen MR) is 95.1 cm³/mol. The van der Waals surface area contributed by atoms with Gasteiger partial charge in [0.1, 0.15) is 0 Å². The van der Waals surface area contributed by atoms with Crippen LogP contribution >= 0.6 is 0 Å². The van der Waals surface area contributed by atoms with E-state index in [4.69, 9.17) is 0 Å². The van der Waals surface area contributed by atoms with Crippen LogP contribution in [-0.2, 0) is 14.6 Å². The lowest BCUT2D eigenvalue weighted by atomic mass is 10.0. The van der Waals surface area contributed by atoms with Gasteiger partial charge in [0.05, 0.1) is 23.6 Å². The first-order chi connectivity index (χ1) is 12.3. The summed E-state index contributed by atoms with van der Waals surface area (Å²) in [7, 11) is -3.30. The van der Waals surface area contributed by atoms with E-state index in [0.717, 1.165) is 6.42 Å². The third-order valence-electron chi connectivity index (χ3n) is 4.98. The summed E-state index contributed by atoms with van der Waals surface area (Å²) in [4.78, 5) is 28.6. The Balaban J connectivity index is 1.81. The zero-order valence-corrected chi connectivity index (χ0v) is 15.9. The van der Waals surface area contributed by atoms with E-state index in [1.807, 2.05) is 13.8 Å². The highest BCUT2D eigenvalue weighted by molar-refractivity contribution is 7.91. The number of carbonyl (C=O) groups excluding carboxylic acids is 2. The van der Waals surface area contributed by atoms with Crippen LogP contribution in [0.15, 0.2) is 18.3 Å². The summed E-state index contributed by atoms with van der Waals surface area (Å²) < 4.78 is 24.5. The molecule has 2 saturated heterocycles. The molecular formula is C17H24N4O4S. The molecule has 0 radical (unpaired) electrons. The molecule has 0 aromatic carbocycles. The van der Waals surface area contributed by atoms with Gasteiger partial charge in [-0.15, -0.1) is 5.10 Å².